The Morgan fingerprint density at radius 1 is 1.25 bits per heavy atom. The fraction of sp³-hybridized carbons (Fsp3) is 0.417. The van der Waals surface area contributed by atoms with Crippen molar-refractivity contribution < 1.29 is 14.3 Å². The molecular weight excluding hydrogens is 272 g/mol. The second kappa shape index (κ2) is 4.45. The third kappa shape index (κ3) is 1.82. The second-order valence-corrected chi connectivity index (χ2v) is 4.84. The minimum absolute atomic E-state index is 0.0712. The summed E-state index contributed by atoms with van der Waals surface area (Å²) in [6.07, 6.45) is 1.72. The molecule has 4 heteroatoms. The third-order valence-corrected chi connectivity index (χ3v) is 3.70. The van der Waals surface area contributed by atoms with Gasteiger partial charge in [-0.2, -0.15) is 0 Å². The number of fused-ring (bicyclic) bond motifs is 1. The number of hydrogen-bond acceptors (Lipinski definition) is 3. The van der Waals surface area contributed by atoms with Gasteiger partial charge in [0.15, 0.2) is 17.3 Å². The van der Waals surface area contributed by atoms with Gasteiger partial charge in [0.1, 0.15) is 0 Å². The Balaban J connectivity index is 2.52. The number of ketones is 1. The van der Waals surface area contributed by atoms with Crippen molar-refractivity contribution in [1.82, 2.24) is 0 Å². The molecule has 86 valence electrons. The van der Waals surface area contributed by atoms with Crippen LogP contribution in [-0.2, 0) is 6.42 Å². The molecule has 16 heavy (non-hydrogen) atoms. The number of aryl methyl sites for hydroxylation is 1. The van der Waals surface area contributed by atoms with Crippen molar-refractivity contribution in [3.8, 4) is 11.5 Å². The first-order valence-electron chi connectivity index (χ1n) is 5.10. The molecule has 0 N–H and O–H groups in total. The van der Waals surface area contributed by atoms with Gasteiger partial charge in [-0.25, -0.2) is 0 Å². The Morgan fingerprint density at radius 3 is 2.50 bits per heavy atom. The molecular formula is C12H13BrO3. The normalized spacial score (nSPS) is 19.2. The van der Waals surface area contributed by atoms with Crippen LogP contribution in [0.25, 0.3) is 0 Å². The molecule has 1 aromatic rings. The van der Waals surface area contributed by atoms with Crippen molar-refractivity contribution in [1.29, 1.82) is 0 Å². The maximum absolute atomic E-state index is 11.9. The van der Waals surface area contributed by atoms with Crippen molar-refractivity contribution in [3.63, 3.8) is 0 Å². The van der Waals surface area contributed by atoms with Crippen LogP contribution in [0.1, 0.15) is 22.3 Å². The molecule has 0 amide bonds. The van der Waals surface area contributed by atoms with Crippen molar-refractivity contribution in [2.24, 2.45) is 0 Å². The fourth-order valence-electron chi connectivity index (χ4n) is 1.94. The van der Waals surface area contributed by atoms with E-state index < -0.39 is 0 Å². The zero-order valence-corrected chi connectivity index (χ0v) is 10.8. The Kier molecular flexibility index (Phi) is 3.19. The SMILES string of the molecule is COc1cc2c(cc1OC)C(=O)[C@H](Br)CC2. The molecule has 1 atom stereocenters. The van der Waals surface area contributed by atoms with Crippen LogP contribution >= 0.6 is 15.9 Å². The number of halogens is 1. The number of hydrogen-bond donors (Lipinski definition) is 0. The first-order valence-corrected chi connectivity index (χ1v) is 6.02. The average molecular weight is 285 g/mol. The molecule has 3 nitrogen and oxygen atoms in total. The lowest BCUT2D eigenvalue weighted by atomic mass is 9.90. The molecule has 0 saturated carbocycles. The molecule has 0 spiro atoms. The molecule has 0 radical (unpaired) electrons. The summed E-state index contributed by atoms with van der Waals surface area (Å²) < 4.78 is 10.4. The van der Waals surface area contributed by atoms with E-state index in [-0.39, 0.29) is 10.6 Å². The van der Waals surface area contributed by atoms with Gasteiger partial charge in [-0.3, -0.25) is 4.79 Å². The zero-order valence-electron chi connectivity index (χ0n) is 9.25. The van der Waals surface area contributed by atoms with Gasteiger partial charge in [-0.05, 0) is 30.5 Å². The highest BCUT2D eigenvalue weighted by Gasteiger charge is 2.26. The van der Waals surface area contributed by atoms with Crippen LogP contribution in [0, 0.1) is 0 Å². The van der Waals surface area contributed by atoms with Crippen molar-refractivity contribution >= 4 is 21.7 Å². The third-order valence-electron chi connectivity index (χ3n) is 2.83. The van der Waals surface area contributed by atoms with Gasteiger partial charge >= 0.3 is 0 Å². The van der Waals surface area contributed by atoms with Gasteiger partial charge in [0, 0.05) is 5.56 Å². The van der Waals surface area contributed by atoms with E-state index in [2.05, 4.69) is 15.9 Å². The van der Waals surface area contributed by atoms with Gasteiger partial charge in [0.2, 0.25) is 0 Å². The van der Waals surface area contributed by atoms with Crippen molar-refractivity contribution in [2.75, 3.05) is 14.2 Å². The van der Waals surface area contributed by atoms with E-state index in [0.29, 0.717) is 11.5 Å². The zero-order chi connectivity index (χ0) is 11.7. The van der Waals surface area contributed by atoms with E-state index in [1.54, 1.807) is 20.3 Å². The number of benzene rings is 1. The topological polar surface area (TPSA) is 35.5 Å². The summed E-state index contributed by atoms with van der Waals surface area (Å²) in [7, 11) is 3.17. The molecule has 0 heterocycles. The Hall–Kier alpha value is -1.03. The van der Waals surface area contributed by atoms with E-state index >= 15 is 0 Å². The molecule has 0 fully saturated rings. The van der Waals surface area contributed by atoms with Gasteiger partial charge in [-0.1, -0.05) is 15.9 Å². The molecule has 0 bridgehead atoms. The highest BCUT2D eigenvalue weighted by molar-refractivity contribution is 9.10. The Labute approximate surface area is 103 Å². The molecule has 1 aromatic carbocycles. The summed E-state index contributed by atoms with van der Waals surface area (Å²) in [5, 5.41) is 0. The average Bonchev–Trinajstić information content (AvgIpc) is 2.32. The summed E-state index contributed by atoms with van der Waals surface area (Å²) in [4.78, 5) is 11.9. The number of alkyl halides is 1. The maximum Gasteiger partial charge on any atom is 0.176 e. The number of Topliss-reactive ketones (excluding diaryl/α,β-unsaturated/α-hetero) is 1. The number of carbonyl (C=O) groups excluding carboxylic acids is 1. The Bertz CT molecular complexity index is 429. The van der Waals surface area contributed by atoms with Crippen molar-refractivity contribution in [2.45, 2.75) is 17.7 Å². The van der Waals surface area contributed by atoms with E-state index in [9.17, 15) is 4.79 Å². The number of rotatable bonds is 2. The molecule has 0 saturated heterocycles. The first kappa shape index (κ1) is 11.5. The smallest absolute Gasteiger partial charge is 0.176 e. The van der Waals surface area contributed by atoms with Gasteiger partial charge in [0.25, 0.3) is 0 Å². The molecule has 0 unspecified atom stereocenters. The van der Waals surface area contributed by atoms with Gasteiger partial charge in [-0.15, -0.1) is 0 Å². The lowest BCUT2D eigenvalue weighted by Crippen LogP contribution is -2.22. The van der Waals surface area contributed by atoms with E-state index in [0.717, 1.165) is 24.0 Å². The van der Waals surface area contributed by atoms with Crippen LogP contribution in [0.2, 0.25) is 0 Å². The van der Waals surface area contributed by atoms with Crippen LogP contribution in [0.3, 0.4) is 0 Å². The fourth-order valence-corrected chi connectivity index (χ4v) is 2.41. The monoisotopic (exact) mass is 284 g/mol. The summed E-state index contributed by atoms with van der Waals surface area (Å²) in [6, 6.07) is 3.66. The largest absolute Gasteiger partial charge is 0.493 e. The van der Waals surface area contributed by atoms with E-state index in [4.69, 9.17) is 9.47 Å². The minimum atomic E-state index is -0.0712. The first-order chi connectivity index (χ1) is 7.67. The van der Waals surface area contributed by atoms with Crippen LogP contribution in [0.4, 0.5) is 0 Å². The van der Waals surface area contributed by atoms with E-state index in [1.165, 1.54) is 0 Å². The molecule has 1 aliphatic carbocycles. The second-order valence-electron chi connectivity index (χ2n) is 3.73. The van der Waals surface area contributed by atoms with Crippen LogP contribution < -0.4 is 9.47 Å². The highest BCUT2D eigenvalue weighted by Crippen LogP contribution is 2.35. The van der Waals surface area contributed by atoms with Crippen molar-refractivity contribution in [3.05, 3.63) is 23.3 Å². The Morgan fingerprint density at radius 2 is 1.88 bits per heavy atom. The molecule has 1 aliphatic rings. The van der Waals surface area contributed by atoms with Crippen LogP contribution in [-0.4, -0.2) is 24.8 Å². The summed E-state index contributed by atoms with van der Waals surface area (Å²) >= 11 is 3.38. The number of carbonyl (C=O) groups is 1. The molecule has 0 aliphatic heterocycles. The lowest BCUT2D eigenvalue weighted by Gasteiger charge is -2.20. The predicted molar refractivity (Wildman–Crippen MR) is 64.9 cm³/mol. The molecule has 0 aromatic heterocycles. The highest BCUT2D eigenvalue weighted by atomic mass is 79.9. The summed E-state index contributed by atoms with van der Waals surface area (Å²) in [5.41, 5.74) is 1.78. The maximum atomic E-state index is 11.9. The lowest BCUT2D eigenvalue weighted by molar-refractivity contribution is 0.0981. The molecule has 2 rings (SSSR count). The van der Waals surface area contributed by atoms with Crippen LogP contribution in [0.5, 0.6) is 11.5 Å². The van der Waals surface area contributed by atoms with Crippen LogP contribution in [0.15, 0.2) is 12.1 Å². The summed E-state index contributed by atoms with van der Waals surface area (Å²) in [6.45, 7) is 0. The number of methoxy groups -OCH3 is 2. The summed E-state index contributed by atoms with van der Waals surface area (Å²) in [5.74, 6) is 1.42. The predicted octanol–water partition coefficient (Wildman–Crippen LogP) is 2.60. The quantitative estimate of drug-likeness (QED) is 0.783. The van der Waals surface area contributed by atoms with Gasteiger partial charge in [0.05, 0.1) is 19.0 Å². The number of ether oxygens (including phenoxy) is 2. The standard InChI is InChI=1S/C12H13BrO3/c1-15-10-5-7-3-4-9(13)12(14)8(7)6-11(10)16-2/h5-6,9H,3-4H2,1-2H3/t9-/m1/s1. The van der Waals surface area contributed by atoms with E-state index in [1.807, 2.05) is 6.07 Å². The van der Waals surface area contributed by atoms with Gasteiger partial charge < -0.3 is 9.47 Å². The minimum Gasteiger partial charge on any atom is -0.493 e.